The van der Waals surface area contributed by atoms with Gasteiger partial charge in [-0.15, -0.1) is 11.8 Å². The van der Waals surface area contributed by atoms with Crippen molar-refractivity contribution in [3.8, 4) is 0 Å². The van der Waals surface area contributed by atoms with Crippen molar-refractivity contribution in [2.45, 2.75) is 30.0 Å². The van der Waals surface area contributed by atoms with Crippen molar-refractivity contribution in [1.82, 2.24) is 0 Å². The van der Waals surface area contributed by atoms with Gasteiger partial charge in [-0.25, -0.2) is 0 Å². The zero-order valence-corrected chi connectivity index (χ0v) is 9.42. The van der Waals surface area contributed by atoms with Crippen molar-refractivity contribution in [1.29, 1.82) is 0 Å². The molecule has 2 atom stereocenters. The van der Waals surface area contributed by atoms with Crippen molar-refractivity contribution in [3.05, 3.63) is 29.8 Å². The van der Waals surface area contributed by atoms with Gasteiger partial charge in [-0.1, -0.05) is 17.7 Å². The SMILES string of the molecule is Cc1cccc(SC(CO)C(C)N)c1. The molecule has 0 radical (unpaired) electrons. The Kier molecular flexibility index (Phi) is 4.45. The minimum absolute atomic E-state index is 0.00510. The van der Waals surface area contributed by atoms with Gasteiger partial charge < -0.3 is 10.8 Å². The third-order valence-corrected chi connectivity index (χ3v) is 3.45. The van der Waals surface area contributed by atoms with Gasteiger partial charge in [0.25, 0.3) is 0 Å². The van der Waals surface area contributed by atoms with Crippen LogP contribution in [0.3, 0.4) is 0 Å². The van der Waals surface area contributed by atoms with Crippen LogP contribution in [0.25, 0.3) is 0 Å². The Labute approximate surface area is 89.5 Å². The third kappa shape index (κ3) is 3.33. The Bertz CT molecular complexity index is 288. The molecule has 14 heavy (non-hydrogen) atoms. The summed E-state index contributed by atoms with van der Waals surface area (Å²) in [6.45, 7) is 4.10. The lowest BCUT2D eigenvalue weighted by atomic mass is 10.2. The standard InChI is InChI=1S/C11H17NOS/c1-8-4-3-5-10(6-8)14-11(7-13)9(2)12/h3-6,9,11,13H,7,12H2,1-2H3. The monoisotopic (exact) mass is 211 g/mol. The van der Waals surface area contributed by atoms with Crippen LogP contribution in [0, 0.1) is 6.92 Å². The quantitative estimate of drug-likeness (QED) is 0.746. The molecular weight excluding hydrogens is 194 g/mol. The van der Waals surface area contributed by atoms with Crippen LogP contribution in [-0.2, 0) is 0 Å². The maximum absolute atomic E-state index is 9.13. The van der Waals surface area contributed by atoms with Gasteiger partial charge in [0.2, 0.25) is 0 Å². The lowest BCUT2D eigenvalue weighted by Gasteiger charge is -2.17. The van der Waals surface area contributed by atoms with Gasteiger partial charge in [-0.2, -0.15) is 0 Å². The van der Waals surface area contributed by atoms with Crippen LogP contribution >= 0.6 is 11.8 Å². The fourth-order valence-electron chi connectivity index (χ4n) is 1.17. The molecule has 0 amide bonds. The van der Waals surface area contributed by atoms with Gasteiger partial charge in [-0.05, 0) is 26.0 Å². The van der Waals surface area contributed by atoms with Gasteiger partial charge in [0, 0.05) is 16.2 Å². The first kappa shape index (κ1) is 11.6. The summed E-state index contributed by atoms with van der Waals surface area (Å²) < 4.78 is 0. The van der Waals surface area contributed by atoms with E-state index in [1.165, 1.54) is 10.5 Å². The summed E-state index contributed by atoms with van der Waals surface area (Å²) in [6.07, 6.45) is 0. The van der Waals surface area contributed by atoms with E-state index >= 15 is 0 Å². The highest BCUT2D eigenvalue weighted by Crippen LogP contribution is 2.25. The number of nitrogens with two attached hydrogens (primary N) is 1. The van der Waals surface area contributed by atoms with E-state index in [-0.39, 0.29) is 17.9 Å². The van der Waals surface area contributed by atoms with Gasteiger partial charge in [0.1, 0.15) is 0 Å². The second-order valence-electron chi connectivity index (χ2n) is 3.51. The first-order chi connectivity index (χ1) is 6.63. The topological polar surface area (TPSA) is 46.2 Å². The van der Waals surface area contributed by atoms with Crippen molar-refractivity contribution in [3.63, 3.8) is 0 Å². The smallest absolute Gasteiger partial charge is 0.0568 e. The summed E-state index contributed by atoms with van der Waals surface area (Å²) in [5.74, 6) is 0. The minimum Gasteiger partial charge on any atom is -0.395 e. The second-order valence-corrected chi connectivity index (χ2v) is 4.83. The van der Waals surface area contributed by atoms with Crippen LogP contribution in [0.4, 0.5) is 0 Å². The summed E-state index contributed by atoms with van der Waals surface area (Å²) in [4.78, 5) is 1.17. The number of benzene rings is 1. The number of hydrogen-bond donors (Lipinski definition) is 2. The molecule has 0 saturated heterocycles. The fraction of sp³-hybridized carbons (Fsp3) is 0.455. The fourth-order valence-corrected chi connectivity index (χ4v) is 2.22. The Morgan fingerprint density at radius 1 is 1.50 bits per heavy atom. The van der Waals surface area contributed by atoms with Gasteiger partial charge in [-0.3, -0.25) is 0 Å². The molecule has 0 fully saturated rings. The predicted molar refractivity (Wildman–Crippen MR) is 61.6 cm³/mol. The van der Waals surface area contributed by atoms with E-state index in [4.69, 9.17) is 10.8 Å². The van der Waals surface area contributed by atoms with Gasteiger partial charge in [0.05, 0.1) is 6.61 Å². The van der Waals surface area contributed by atoms with Gasteiger partial charge >= 0.3 is 0 Å². The lowest BCUT2D eigenvalue weighted by Crippen LogP contribution is -2.31. The van der Waals surface area contributed by atoms with Crippen LogP contribution in [0.1, 0.15) is 12.5 Å². The van der Waals surface area contributed by atoms with E-state index < -0.39 is 0 Å². The first-order valence-electron chi connectivity index (χ1n) is 4.73. The average molecular weight is 211 g/mol. The number of aryl methyl sites for hydroxylation is 1. The maximum Gasteiger partial charge on any atom is 0.0568 e. The highest BCUT2D eigenvalue weighted by molar-refractivity contribution is 8.00. The maximum atomic E-state index is 9.13. The molecule has 2 unspecified atom stereocenters. The van der Waals surface area contributed by atoms with Crippen LogP contribution in [0.2, 0.25) is 0 Å². The molecular formula is C11H17NOS. The molecule has 3 heteroatoms. The number of rotatable bonds is 4. The average Bonchev–Trinajstić information content (AvgIpc) is 2.14. The van der Waals surface area contributed by atoms with Gasteiger partial charge in [0.15, 0.2) is 0 Å². The van der Waals surface area contributed by atoms with E-state index in [9.17, 15) is 0 Å². The Hall–Kier alpha value is -0.510. The molecule has 1 aromatic carbocycles. The number of aliphatic hydroxyl groups is 1. The van der Waals surface area contributed by atoms with Crippen molar-refractivity contribution in [2.75, 3.05) is 6.61 Å². The summed E-state index contributed by atoms with van der Waals surface area (Å²) in [6, 6.07) is 8.24. The molecule has 1 rings (SSSR count). The highest BCUT2D eigenvalue weighted by Gasteiger charge is 2.13. The molecule has 0 aliphatic heterocycles. The van der Waals surface area contributed by atoms with E-state index in [1.54, 1.807) is 11.8 Å². The second kappa shape index (κ2) is 5.39. The Balaban J connectivity index is 2.67. The Morgan fingerprint density at radius 2 is 2.21 bits per heavy atom. The zero-order valence-electron chi connectivity index (χ0n) is 8.60. The predicted octanol–water partition coefficient (Wildman–Crippen LogP) is 1.80. The number of aliphatic hydroxyl groups excluding tert-OH is 1. The largest absolute Gasteiger partial charge is 0.395 e. The summed E-state index contributed by atoms with van der Waals surface area (Å²) in [5, 5.41) is 9.21. The van der Waals surface area contributed by atoms with Crippen molar-refractivity contribution in [2.24, 2.45) is 5.73 Å². The molecule has 0 aromatic heterocycles. The van der Waals surface area contributed by atoms with E-state index in [1.807, 2.05) is 19.1 Å². The van der Waals surface area contributed by atoms with Crippen molar-refractivity contribution < 1.29 is 5.11 Å². The van der Waals surface area contributed by atoms with E-state index in [2.05, 4.69) is 19.1 Å². The number of hydrogen-bond acceptors (Lipinski definition) is 3. The number of thioether (sulfide) groups is 1. The molecule has 78 valence electrons. The van der Waals surface area contributed by atoms with E-state index in [0.29, 0.717) is 0 Å². The zero-order chi connectivity index (χ0) is 10.6. The molecule has 2 nitrogen and oxygen atoms in total. The van der Waals surface area contributed by atoms with Crippen molar-refractivity contribution >= 4 is 11.8 Å². The molecule has 0 aliphatic rings. The first-order valence-corrected chi connectivity index (χ1v) is 5.61. The highest BCUT2D eigenvalue weighted by atomic mass is 32.2. The Morgan fingerprint density at radius 3 is 2.71 bits per heavy atom. The minimum atomic E-state index is 0.00510. The molecule has 3 N–H and O–H groups in total. The van der Waals surface area contributed by atoms with Crippen LogP contribution < -0.4 is 5.73 Å². The third-order valence-electron chi connectivity index (χ3n) is 2.04. The summed E-state index contributed by atoms with van der Waals surface area (Å²) in [5.41, 5.74) is 6.98. The summed E-state index contributed by atoms with van der Waals surface area (Å²) >= 11 is 1.64. The molecule has 0 aliphatic carbocycles. The molecule has 0 spiro atoms. The van der Waals surface area contributed by atoms with Crippen LogP contribution in [0.15, 0.2) is 29.2 Å². The summed E-state index contributed by atoms with van der Waals surface area (Å²) in [7, 11) is 0. The molecule has 0 bridgehead atoms. The van der Waals surface area contributed by atoms with Crippen LogP contribution in [0.5, 0.6) is 0 Å². The molecule has 0 heterocycles. The van der Waals surface area contributed by atoms with E-state index in [0.717, 1.165) is 0 Å². The van der Waals surface area contributed by atoms with Crippen LogP contribution in [-0.4, -0.2) is 23.0 Å². The normalized spacial score (nSPS) is 15.1. The lowest BCUT2D eigenvalue weighted by molar-refractivity contribution is 0.285. The molecule has 0 saturated carbocycles. The molecule has 1 aromatic rings.